The summed E-state index contributed by atoms with van der Waals surface area (Å²) in [6.07, 6.45) is 7.98. The molecule has 7 rings (SSSR count). The van der Waals surface area contributed by atoms with E-state index in [2.05, 4.69) is 25.1 Å². The number of hydrogen-bond donors (Lipinski definition) is 6. The van der Waals surface area contributed by atoms with E-state index in [9.17, 15) is 38.9 Å². The molecule has 1 aliphatic carbocycles. The van der Waals surface area contributed by atoms with Crippen molar-refractivity contribution in [3.05, 3.63) is 117 Å². The summed E-state index contributed by atoms with van der Waals surface area (Å²) in [4.78, 5) is 34.0. The second-order valence-corrected chi connectivity index (χ2v) is 13.1. The summed E-state index contributed by atoms with van der Waals surface area (Å²) in [6, 6.07) is 7.79. The molecule has 2 aliphatic rings. The average Bonchev–Trinajstić information content (AvgIpc) is 3.91. The van der Waals surface area contributed by atoms with Crippen LogP contribution in [0.4, 0.5) is 14.6 Å². The lowest BCUT2D eigenvalue weighted by Crippen LogP contribution is -2.37. The standard InChI is InChI=1S/C13H12F2N6O.C12H17NO2.C9H13N3O5.CH4/c14-10-1-2-11(12(15)3-10)13(22,4-20-8-16-6-18-20)5-21-9-17-7-19-21;1-9-7-11(13(15)12(14)8-9)10-5-3-2-4-6-10;10-5-1-2-12(9(16)11-5)8-7(15)6(14)4(3-13)17-8;/h1-3,6-9,22H,4-5H2;7-8,10,15H,2-6H2,1H3;1-2,4,6-8,13-15H,3H2,(H2,10,11,16);1H4/t;;4-,6-,7+,8-;/m..1./s1. The van der Waals surface area contributed by atoms with Crippen molar-refractivity contribution in [1.82, 2.24) is 43.8 Å². The molecular weight excluding hydrogens is 726 g/mol. The normalized spacial score (nSPS) is 19.8. The van der Waals surface area contributed by atoms with Gasteiger partial charge in [0, 0.05) is 29.8 Å². The molecule has 1 saturated heterocycles. The number of anilines is 1. The highest BCUT2D eigenvalue weighted by Gasteiger charge is 2.43. The Hall–Kier alpha value is -5.41. The maximum atomic E-state index is 14.1. The first-order valence-corrected chi connectivity index (χ1v) is 17.0. The number of aliphatic hydroxyl groups excluding tert-OH is 3. The molecule has 1 aromatic carbocycles. The van der Waals surface area contributed by atoms with Crippen molar-refractivity contribution < 1.29 is 39.2 Å². The highest BCUT2D eigenvalue weighted by molar-refractivity contribution is 5.25. The maximum absolute atomic E-state index is 14.1. The molecule has 1 saturated carbocycles. The van der Waals surface area contributed by atoms with Crippen molar-refractivity contribution in [3.8, 4) is 0 Å². The van der Waals surface area contributed by atoms with Gasteiger partial charge in [0.1, 0.15) is 66.7 Å². The molecule has 1 aliphatic heterocycles. The van der Waals surface area contributed by atoms with Crippen molar-refractivity contribution in [2.24, 2.45) is 0 Å². The molecule has 4 atom stereocenters. The number of aromatic nitrogens is 9. The van der Waals surface area contributed by atoms with Crippen LogP contribution in [0.5, 0.6) is 0 Å². The van der Waals surface area contributed by atoms with E-state index in [1.54, 1.807) is 0 Å². The van der Waals surface area contributed by atoms with Crippen molar-refractivity contribution in [1.29, 1.82) is 0 Å². The fourth-order valence-corrected chi connectivity index (χ4v) is 6.39. The van der Waals surface area contributed by atoms with Crippen LogP contribution in [0.2, 0.25) is 0 Å². The third-order valence-electron chi connectivity index (χ3n) is 9.06. The number of ether oxygens (including phenoxy) is 1. The smallest absolute Gasteiger partial charge is 0.351 e. The van der Waals surface area contributed by atoms with E-state index in [-0.39, 0.29) is 37.5 Å². The van der Waals surface area contributed by atoms with Crippen molar-refractivity contribution >= 4 is 5.82 Å². The van der Waals surface area contributed by atoms with Gasteiger partial charge in [-0.2, -0.15) is 19.9 Å². The fourth-order valence-electron chi connectivity index (χ4n) is 6.39. The molecular formula is C35H46F2N10O8. The summed E-state index contributed by atoms with van der Waals surface area (Å²) in [6.45, 7) is 1.30. The summed E-state index contributed by atoms with van der Waals surface area (Å²) in [5, 5.41) is 56.6. The van der Waals surface area contributed by atoms with E-state index in [4.69, 9.17) is 15.6 Å². The zero-order chi connectivity index (χ0) is 39.0. The molecule has 0 spiro atoms. The molecule has 5 aromatic rings. The summed E-state index contributed by atoms with van der Waals surface area (Å²) in [5.41, 5.74) is 4.30. The molecule has 0 amide bonds. The van der Waals surface area contributed by atoms with Gasteiger partial charge in [-0.15, -0.1) is 0 Å². The van der Waals surface area contributed by atoms with Crippen LogP contribution in [0.15, 0.2) is 77.5 Å². The van der Waals surface area contributed by atoms with Gasteiger partial charge in [0.25, 0.3) is 5.56 Å². The third-order valence-corrected chi connectivity index (χ3v) is 9.06. The van der Waals surface area contributed by atoms with Gasteiger partial charge in [0.05, 0.1) is 25.4 Å². The second-order valence-electron chi connectivity index (χ2n) is 13.1. The van der Waals surface area contributed by atoms with E-state index in [0.717, 1.165) is 45.5 Å². The number of aryl methyl sites for hydroxylation is 1. The van der Waals surface area contributed by atoms with Crippen LogP contribution in [0.1, 0.15) is 68.5 Å². The summed E-state index contributed by atoms with van der Waals surface area (Å²) >= 11 is 0. The van der Waals surface area contributed by atoms with Crippen molar-refractivity contribution in [3.63, 3.8) is 0 Å². The molecule has 5 heterocycles. The number of benzene rings is 1. The number of halogens is 2. The number of rotatable bonds is 8. The van der Waals surface area contributed by atoms with Gasteiger partial charge in [-0.25, -0.2) is 32.9 Å². The van der Waals surface area contributed by atoms with Crippen LogP contribution in [0.25, 0.3) is 0 Å². The van der Waals surface area contributed by atoms with Crippen LogP contribution >= 0.6 is 0 Å². The quantitative estimate of drug-likeness (QED) is 0.122. The SMILES string of the molecule is C.Cc1cc(C2CCCCC2)n(O)c(=O)c1.Nc1ccn([C@@H]2O[C@H](CO)[C@@H](O)[C@@H]2O)c(=O)n1.OC(Cn1cncn1)(Cn1cncn1)c1ccc(F)cc1F. The molecule has 2 fully saturated rings. The molecule has 7 N–H and O–H groups in total. The first kappa shape index (κ1) is 42.3. The Labute approximate surface area is 313 Å². The monoisotopic (exact) mass is 772 g/mol. The first-order valence-electron chi connectivity index (χ1n) is 17.0. The Bertz CT molecular complexity index is 2040. The van der Waals surface area contributed by atoms with Gasteiger partial charge in [0.15, 0.2) is 6.23 Å². The van der Waals surface area contributed by atoms with Gasteiger partial charge >= 0.3 is 5.69 Å². The lowest BCUT2D eigenvalue weighted by atomic mass is 9.86. The Morgan fingerprint density at radius 1 is 0.945 bits per heavy atom. The van der Waals surface area contributed by atoms with Crippen LogP contribution in [0.3, 0.4) is 0 Å². The lowest BCUT2D eigenvalue weighted by Gasteiger charge is -2.28. The van der Waals surface area contributed by atoms with E-state index in [0.29, 0.717) is 5.92 Å². The molecule has 0 unspecified atom stereocenters. The number of pyridine rings is 1. The average molecular weight is 773 g/mol. The Morgan fingerprint density at radius 3 is 2.11 bits per heavy atom. The Morgan fingerprint density at radius 2 is 1.58 bits per heavy atom. The number of nitrogen functional groups attached to an aromatic ring is 1. The molecule has 298 valence electrons. The van der Waals surface area contributed by atoms with Crippen LogP contribution in [0, 0.1) is 18.6 Å². The maximum Gasteiger partial charge on any atom is 0.351 e. The molecule has 18 nitrogen and oxygen atoms in total. The number of aliphatic hydroxyl groups is 4. The zero-order valence-corrected chi connectivity index (χ0v) is 29.2. The number of hydrogen-bond acceptors (Lipinski definition) is 14. The van der Waals surface area contributed by atoms with Gasteiger partial charge in [0.2, 0.25) is 0 Å². The van der Waals surface area contributed by atoms with Crippen LogP contribution < -0.4 is 17.0 Å². The first-order chi connectivity index (χ1) is 25.8. The molecule has 55 heavy (non-hydrogen) atoms. The van der Waals surface area contributed by atoms with Gasteiger partial charge in [-0.1, -0.05) is 32.8 Å². The van der Waals surface area contributed by atoms with Crippen LogP contribution in [-0.4, -0.2) is 94.4 Å². The van der Waals surface area contributed by atoms with Crippen molar-refractivity contribution in [2.75, 3.05) is 12.3 Å². The molecule has 0 radical (unpaired) electrons. The minimum absolute atomic E-state index is 0. The largest absolute Gasteiger partial charge is 0.425 e. The number of nitrogens with two attached hydrogens (primary N) is 1. The minimum Gasteiger partial charge on any atom is -0.425 e. The molecule has 4 aromatic heterocycles. The van der Waals surface area contributed by atoms with Gasteiger partial charge in [-0.3, -0.25) is 9.36 Å². The second kappa shape index (κ2) is 18.8. The Balaban J connectivity index is 0.000000186. The fraction of sp³-hybridized carbons (Fsp3) is 0.457. The Kier molecular flexibility index (Phi) is 14.4. The predicted octanol–water partition coefficient (Wildman–Crippen LogP) is 1.25. The molecule has 0 bridgehead atoms. The third kappa shape index (κ3) is 10.4. The predicted molar refractivity (Wildman–Crippen MR) is 191 cm³/mol. The molecule has 20 heteroatoms. The van der Waals surface area contributed by atoms with Gasteiger partial charge in [-0.05, 0) is 43.5 Å². The topological polar surface area (TPSA) is 255 Å². The van der Waals surface area contributed by atoms with E-state index in [1.807, 2.05) is 13.0 Å². The lowest BCUT2D eigenvalue weighted by molar-refractivity contribution is -0.0549. The number of nitrogens with zero attached hydrogens (tertiary/aromatic N) is 9. The van der Waals surface area contributed by atoms with E-state index in [1.165, 1.54) is 78.3 Å². The van der Waals surface area contributed by atoms with Crippen LogP contribution in [-0.2, 0) is 23.4 Å². The highest BCUT2D eigenvalue weighted by Crippen LogP contribution is 2.32. The van der Waals surface area contributed by atoms with E-state index < -0.39 is 54.1 Å². The highest BCUT2D eigenvalue weighted by atomic mass is 19.1. The minimum atomic E-state index is -1.70. The summed E-state index contributed by atoms with van der Waals surface area (Å²) < 4.78 is 37.0. The zero-order valence-electron chi connectivity index (χ0n) is 29.2. The summed E-state index contributed by atoms with van der Waals surface area (Å²) in [7, 11) is 0. The van der Waals surface area contributed by atoms with E-state index >= 15 is 0 Å². The van der Waals surface area contributed by atoms with Crippen molar-refractivity contribution in [2.45, 2.75) is 95.6 Å². The summed E-state index contributed by atoms with van der Waals surface area (Å²) in [5.74, 6) is -1.15. The van der Waals surface area contributed by atoms with Gasteiger partial charge < -0.3 is 36.1 Å².